The molecule has 0 aromatic carbocycles. The summed E-state index contributed by atoms with van der Waals surface area (Å²) in [6.07, 6.45) is 1.78. The third-order valence-electron chi connectivity index (χ3n) is 2.12. The molecular formula is C9H13N5O2S3. The molecule has 2 heterocycles. The number of aliphatic imine (C=N–C) groups is 2. The van der Waals surface area contributed by atoms with Crippen LogP contribution in [0.4, 0.5) is 0 Å². The van der Waals surface area contributed by atoms with Gasteiger partial charge < -0.3 is 0 Å². The summed E-state index contributed by atoms with van der Waals surface area (Å²) in [6, 6.07) is 0. The highest BCUT2D eigenvalue weighted by Gasteiger charge is 2.27. The Labute approximate surface area is 119 Å². The topological polar surface area (TPSA) is 95.8 Å². The summed E-state index contributed by atoms with van der Waals surface area (Å²) >= 11 is 3.33. The first-order valence-corrected chi connectivity index (χ1v) is 8.91. The minimum atomic E-state index is -3.51. The van der Waals surface area contributed by atoms with Gasteiger partial charge in [-0.25, -0.2) is 14.4 Å². The maximum absolute atomic E-state index is 11.3. The van der Waals surface area contributed by atoms with Gasteiger partial charge in [-0.3, -0.25) is 9.98 Å². The van der Waals surface area contributed by atoms with E-state index in [1.165, 1.54) is 7.05 Å². The van der Waals surface area contributed by atoms with E-state index in [0.717, 1.165) is 16.5 Å². The fourth-order valence-corrected chi connectivity index (χ4v) is 3.79. The summed E-state index contributed by atoms with van der Waals surface area (Å²) in [5.41, 5.74) is 0. The van der Waals surface area contributed by atoms with Crippen molar-refractivity contribution in [2.45, 2.75) is 5.75 Å². The predicted molar refractivity (Wildman–Crippen MR) is 79.1 cm³/mol. The minimum absolute atomic E-state index is 0.255. The van der Waals surface area contributed by atoms with Gasteiger partial charge in [0.25, 0.3) is 0 Å². The number of hydrogen-bond acceptors (Lipinski definition) is 7. The Kier molecular flexibility index (Phi) is 4.77. The molecule has 0 amide bonds. The lowest BCUT2D eigenvalue weighted by atomic mass is 10.5. The molecule has 0 saturated carbocycles. The van der Waals surface area contributed by atoms with Gasteiger partial charge in [0.2, 0.25) is 0 Å². The molecule has 1 aliphatic rings. The van der Waals surface area contributed by atoms with Gasteiger partial charge >= 0.3 is 10.2 Å². The van der Waals surface area contributed by atoms with Gasteiger partial charge in [-0.1, -0.05) is 0 Å². The van der Waals surface area contributed by atoms with Crippen molar-refractivity contribution in [2.24, 2.45) is 9.98 Å². The van der Waals surface area contributed by atoms with E-state index < -0.39 is 10.2 Å². The first-order chi connectivity index (χ1) is 9.11. The third-order valence-corrected chi connectivity index (χ3v) is 4.96. The lowest BCUT2D eigenvalue weighted by Crippen LogP contribution is -2.24. The zero-order valence-corrected chi connectivity index (χ0v) is 12.6. The number of hydrogen-bond donors (Lipinski definition) is 2. The zero-order chi connectivity index (χ0) is 13.7. The molecule has 0 unspecified atom stereocenters. The molecule has 2 N–H and O–H groups in total. The summed E-state index contributed by atoms with van der Waals surface area (Å²) in [7, 11) is -2.00. The second-order valence-electron chi connectivity index (χ2n) is 3.49. The second kappa shape index (κ2) is 6.35. The van der Waals surface area contributed by atoms with Gasteiger partial charge in [0.05, 0.1) is 6.54 Å². The summed E-state index contributed by atoms with van der Waals surface area (Å²) in [6.45, 7) is 0.522. The van der Waals surface area contributed by atoms with E-state index in [1.54, 1.807) is 29.3 Å². The molecular weight excluding hydrogens is 306 g/mol. The quantitative estimate of drug-likeness (QED) is 0.760. The molecule has 1 saturated heterocycles. The number of amidine groups is 2. The lowest BCUT2D eigenvalue weighted by molar-refractivity contribution is 0.591. The molecule has 1 aliphatic heterocycles. The van der Waals surface area contributed by atoms with Crippen molar-refractivity contribution < 1.29 is 8.42 Å². The van der Waals surface area contributed by atoms with Crippen LogP contribution in [0, 0.1) is 0 Å². The molecule has 2 rings (SSSR count). The van der Waals surface area contributed by atoms with Crippen molar-refractivity contribution in [1.29, 1.82) is 0 Å². The van der Waals surface area contributed by atoms with Crippen molar-refractivity contribution in [3.8, 4) is 0 Å². The molecule has 0 bridgehead atoms. The van der Waals surface area contributed by atoms with Crippen LogP contribution >= 0.6 is 23.1 Å². The molecule has 7 nitrogen and oxygen atoms in total. The van der Waals surface area contributed by atoms with Crippen LogP contribution in [0.5, 0.6) is 0 Å². The zero-order valence-electron chi connectivity index (χ0n) is 10.2. The molecule has 1 fully saturated rings. The van der Waals surface area contributed by atoms with E-state index in [-0.39, 0.29) is 11.7 Å². The van der Waals surface area contributed by atoms with Crippen LogP contribution in [-0.2, 0) is 16.0 Å². The number of thioether (sulfide) groups is 1. The van der Waals surface area contributed by atoms with Gasteiger partial charge in [-0.15, -0.1) is 11.3 Å². The van der Waals surface area contributed by atoms with E-state index in [1.807, 2.05) is 5.38 Å². The summed E-state index contributed by atoms with van der Waals surface area (Å²) in [5.74, 6) is 2.17. The number of nitrogens with zero attached hydrogens (tertiary/aromatic N) is 3. The van der Waals surface area contributed by atoms with Crippen LogP contribution < -0.4 is 9.44 Å². The molecule has 1 aromatic rings. The SMILES string of the molecule is CN=C1NS(=O)(=O)NC1=NCCSCc1nccs1. The monoisotopic (exact) mass is 319 g/mol. The Morgan fingerprint density at radius 3 is 2.89 bits per heavy atom. The minimum Gasteiger partial charge on any atom is -0.268 e. The number of rotatable bonds is 5. The van der Waals surface area contributed by atoms with Crippen LogP contribution in [0.15, 0.2) is 21.6 Å². The van der Waals surface area contributed by atoms with Crippen LogP contribution in [0.25, 0.3) is 0 Å². The Morgan fingerprint density at radius 2 is 2.21 bits per heavy atom. The van der Waals surface area contributed by atoms with Gasteiger partial charge in [0.1, 0.15) is 5.01 Å². The highest BCUT2D eigenvalue weighted by Crippen LogP contribution is 2.13. The summed E-state index contributed by atoms with van der Waals surface area (Å²) in [4.78, 5) is 12.2. The maximum atomic E-state index is 11.3. The number of aromatic nitrogens is 1. The molecule has 0 spiro atoms. The Morgan fingerprint density at radius 1 is 1.42 bits per heavy atom. The van der Waals surface area contributed by atoms with Gasteiger partial charge in [0.15, 0.2) is 11.7 Å². The summed E-state index contributed by atoms with van der Waals surface area (Å²) in [5, 5.41) is 3.02. The van der Waals surface area contributed by atoms with Crippen LogP contribution in [0.1, 0.15) is 5.01 Å². The van der Waals surface area contributed by atoms with Crippen LogP contribution in [0.3, 0.4) is 0 Å². The Bertz CT molecular complexity index is 579. The van der Waals surface area contributed by atoms with E-state index in [9.17, 15) is 8.42 Å². The van der Waals surface area contributed by atoms with Crippen molar-refractivity contribution in [3.05, 3.63) is 16.6 Å². The van der Waals surface area contributed by atoms with Crippen LogP contribution in [0.2, 0.25) is 0 Å². The first kappa shape index (κ1) is 14.3. The van der Waals surface area contributed by atoms with E-state index in [4.69, 9.17) is 0 Å². The highest BCUT2D eigenvalue weighted by atomic mass is 32.2. The van der Waals surface area contributed by atoms with Gasteiger partial charge in [-0.2, -0.15) is 20.2 Å². The first-order valence-electron chi connectivity index (χ1n) is 5.39. The second-order valence-corrected chi connectivity index (χ2v) is 6.99. The number of thiazole rings is 1. The largest absolute Gasteiger partial charge is 0.324 e. The third kappa shape index (κ3) is 4.18. The molecule has 0 radical (unpaired) electrons. The van der Waals surface area contributed by atoms with Crippen LogP contribution in [-0.4, -0.2) is 44.4 Å². The van der Waals surface area contributed by atoms with Crippen molar-refractivity contribution in [1.82, 2.24) is 14.4 Å². The molecule has 1 aromatic heterocycles. The molecule has 104 valence electrons. The molecule has 0 atom stereocenters. The molecule has 0 aliphatic carbocycles. The number of nitrogens with one attached hydrogen (secondary N) is 2. The standard InChI is InChI=1S/C9H13N5O2S3/c1-10-8-9(14-19(15,16)13-8)12-2-4-17-6-7-11-3-5-18-7/h3,5H,2,4,6H2,1H3,(H,10,13)(H,12,14). The van der Waals surface area contributed by atoms with Crippen molar-refractivity contribution in [2.75, 3.05) is 19.3 Å². The molecule has 10 heteroatoms. The van der Waals surface area contributed by atoms with Gasteiger partial charge in [0, 0.05) is 30.1 Å². The average molecular weight is 319 g/mol. The average Bonchev–Trinajstić information content (AvgIpc) is 2.96. The van der Waals surface area contributed by atoms with E-state index in [0.29, 0.717) is 6.54 Å². The van der Waals surface area contributed by atoms with Crippen molar-refractivity contribution in [3.63, 3.8) is 0 Å². The fourth-order valence-electron chi connectivity index (χ4n) is 1.34. The normalized spacial score (nSPS) is 21.5. The smallest absolute Gasteiger partial charge is 0.268 e. The van der Waals surface area contributed by atoms with Gasteiger partial charge in [-0.05, 0) is 0 Å². The maximum Gasteiger partial charge on any atom is 0.324 e. The predicted octanol–water partition coefficient (Wildman–Crippen LogP) is 0.241. The van der Waals surface area contributed by atoms with E-state index >= 15 is 0 Å². The lowest BCUT2D eigenvalue weighted by Gasteiger charge is -1.98. The Balaban J connectivity index is 1.79. The highest BCUT2D eigenvalue weighted by molar-refractivity contribution is 7.98. The summed E-state index contributed by atoms with van der Waals surface area (Å²) < 4.78 is 27.1. The fraction of sp³-hybridized carbons (Fsp3) is 0.444. The van der Waals surface area contributed by atoms with E-state index in [2.05, 4.69) is 24.4 Å². The van der Waals surface area contributed by atoms with Crippen molar-refractivity contribution >= 4 is 45.0 Å². The molecule has 19 heavy (non-hydrogen) atoms. The Hall–Kier alpha value is -1.13.